The Morgan fingerprint density at radius 2 is 1.46 bits per heavy atom. The molecule has 0 aromatic rings. The summed E-state index contributed by atoms with van der Waals surface area (Å²) >= 11 is 0. The molecule has 0 heterocycles. The average molecular weight is 185 g/mol. The third-order valence-electron chi connectivity index (χ3n) is 1.64. The van der Waals surface area contributed by atoms with Crippen LogP contribution < -0.4 is 0 Å². The van der Waals surface area contributed by atoms with Gasteiger partial charge in [-0.2, -0.15) is 0 Å². The van der Waals surface area contributed by atoms with Gasteiger partial charge in [0.1, 0.15) is 0 Å². The molecule has 0 spiro atoms. The fraction of sp³-hybridized carbons (Fsp3) is 0.750. The summed E-state index contributed by atoms with van der Waals surface area (Å²) in [4.78, 5) is 9.42. The lowest BCUT2D eigenvalue weighted by molar-refractivity contribution is 0.471. The van der Waals surface area contributed by atoms with Crippen LogP contribution in [0.5, 0.6) is 0 Å². The van der Waals surface area contributed by atoms with Gasteiger partial charge in [0.25, 0.3) is 0 Å². The minimum Gasteiger partial charge on any atom is -0.349 e. The Balaban J connectivity index is 4.57. The monoisotopic (exact) mass is 185 g/mol. The predicted octanol–water partition coefficient (Wildman–Crippen LogP) is -0.0380. The van der Waals surface area contributed by atoms with Crippen molar-refractivity contribution in [1.29, 1.82) is 5.41 Å². The first-order chi connectivity index (χ1) is 5.91. The van der Waals surface area contributed by atoms with Crippen molar-refractivity contribution in [1.82, 2.24) is 14.7 Å². The van der Waals surface area contributed by atoms with E-state index in [1.54, 1.807) is 16.8 Å². The number of aliphatic imine (C=N–C) groups is 1. The molecule has 0 aliphatic carbocycles. The van der Waals surface area contributed by atoms with Gasteiger partial charge < -0.3 is 9.80 Å². The Morgan fingerprint density at radius 1 is 1.00 bits per heavy atom. The van der Waals surface area contributed by atoms with Gasteiger partial charge in [-0.05, 0) is 0 Å². The number of hydrogen-bond donors (Lipinski definition) is 1. The standard InChI is InChI=1S/C8H19N5/c1-10-8(12(4)5)13(6)7(9)11(2)3/h9H,1-6H3. The third kappa shape index (κ3) is 2.93. The Labute approximate surface area is 80.2 Å². The van der Waals surface area contributed by atoms with E-state index in [0.29, 0.717) is 5.96 Å². The van der Waals surface area contributed by atoms with Crippen molar-refractivity contribution in [3.8, 4) is 0 Å². The van der Waals surface area contributed by atoms with E-state index in [1.807, 2.05) is 40.1 Å². The van der Waals surface area contributed by atoms with Crippen molar-refractivity contribution >= 4 is 11.9 Å². The van der Waals surface area contributed by atoms with Crippen LogP contribution in [0.1, 0.15) is 0 Å². The van der Waals surface area contributed by atoms with Crippen LogP contribution >= 0.6 is 0 Å². The maximum atomic E-state index is 7.72. The summed E-state index contributed by atoms with van der Waals surface area (Å²) in [5, 5.41) is 7.72. The van der Waals surface area contributed by atoms with E-state index in [4.69, 9.17) is 5.41 Å². The van der Waals surface area contributed by atoms with Crippen LogP contribution in [0.15, 0.2) is 4.99 Å². The second-order valence-electron chi connectivity index (χ2n) is 3.20. The Bertz CT molecular complexity index is 207. The van der Waals surface area contributed by atoms with Crippen molar-refractivity contribution in [3.05, 3.63) is 0 Å². The highest BCUT2D eigenvalue weighted by atomic mass is 15.4. The molecule has 1 N–H and O–H groups in total. The number of hydrogen-bond acceptors (Lipinski definition) is 2. The van der Waals surface area contributed by atoms with Gasteiger partial charge in [-0.1, -0.05) is 0 Å². The van der Waals surface area contributed by atoms with Gasteiger partial charge in [0.2, 0.25) is 5.96 Å². The average Bonchev–Trinajstić information content (AvgIpc) is 2.03. The summed E-state index contributed by atoms with van der Waals surface area (Å²) in [5.74, 6) is 1.17. The van der Waals surface area contributed by atoms with Crippen LogP contribution in [0.25, 0.3) is 0 Å². The van der Waals surface area contributed by atoms with E-state index in [-0.39, 0.29) is 0 Å². The van der Waals surface area contributed by atoms with Gasteiger partial charge in [-0.15, -0.1) is 0 Å². The molecule has 76 valence electrons. The molecule has 0 atom stereocenters. The molecule has 5 heteroatoms. The lowest BCUT2D eigenvalue weighted by Crippen LogP contribution is -2.46. The van der Waals surface area contributed by atoms with E-state index in [0.717, 1.165) is 5.96 Å². The molecule has 0 saturated carbocycles. The molecular weight excluding hydrogens is 166 g/mol. The lowest BCUT2D eigenvalue weighted by atomic mass is 10.6. The van der Waals surface area contributed by atoms with Crippen LogP contribution in [-0.4, -0.2) is 68.9 Å². The SMILES string of the molecule is CN=C(N(C)C)N(C)C(=N)N(C)C. The minimum atomic E-state index is 0.411. The fourth-order valence-electron chi connectivity index (χ4n) is 1.04. The normalized spacial score (nSPS) is 11.1. The summed E-state index contributed by atoms with van der Waals surface area (Å²) in [5.41, 5.74) is 0. The smallest absolute Gasteiger partial charge is 0.202 e. The summed E-state index contributed by atoms with van der Waals surface area (Å²) in [6, 6.07) is 0. The molecule has 0 aromatic heterocycles. The molecular formula is C8H19N5. The zero-order valence-electron chi connectivity index (χ0n) is 9.29. The highest BCUT2D eigenvalue weighted by Gasteiger charge is 2.13. The minimum absolute atomic E-state index is 0.411. The van der Waals surface area contributed by atoms with E-state index in [1.165, 1.54) is 0 Å². The third-order valence-corrected chi connectivity index (χ3v) is 1.64. The molecule has 0 unspecified atom stereocenters. The molecule has 0 aromatic carbocycles. The summed E-state index contributed by atoms with van der Waals surface area (Å²) in [6.45, 7) is 0. The van der Waals surface area contributed by atoms with Crippen LogP contribution in [0, 0.1) is 5.41 Å². The number of guanidine groups is 2. The van der Waals surface area contributed by atoms with Crippen molar-refractivity contribution in [2.75, 3.05) is 42.3 Å². The predicted molar refractivity (Wildman–Crippen MR) is 56.2 cm³/mol. The summed E-state index contributed by atoms with van der Waals surface area (Å²) in [6.07, 6.45) is 0. The number of nitrogens with zero attached hydrogens (tertiary/aromatic N) is 4. The Kier molecular flexibility index (Phi) is 4.23. The van der Waals surface area contributed by atoms with E-state index >= 15 is 0 Å². The molecule has 0 radical (unpaired) electrons. The Morgan fingerprint density at radius 3 is 1.69 bits per heavy atom. The zero-order valence-corrected chi connectivity index (χ0v) is 9.29. The first-order valence-corrected chi connectivity index (χ1v) is 4.05. The van der Waals surface area contributed by atoms with Gasteiger partial charge in [-0.25, -0.2) is 0 Å². The van der Waals surface area contributed by atoms with E-state index in [2.05, 4.69) is 4.99 Å². The Hall–Kier alpha value is -1.26. The highest BCUT2D eigenvalue weighted by Crippen LogP contribution is 1.94. The van der Waals surface area contributed by atoms with Crippen LogP contribution in [0.4, 0.5) is 0 Å². The van der Waals surface area contributed by atoms with E-state index in [9.17, 15) is 0 Å². The van der Waals surface area contributed by atoms with Crippen molar-refractivity contribution < 1.29 is 0 Å². The molecule has 0 aliphatic rings. The first kappa shape index (κ1) is 11.7. The zero-order chi connectivity index (χ0) is 10.6. The molecule has 5 nitrogen and oxygen atoms in total. The highest BCUT2D eigenvalue weighted by molar-refractivity contribution is 5.96. The van der Waals surface area contributed by atoms with Gasteiger partial charge in [0.05, 0.1) is 0 Å². The van der Waals surface area contributed by atoms with Gasteiger partial charge >= 0.3 is 0 Å². The molecule has 0 rings (SSSR count). The van der Waals surface area contributed by atoms with Crippen molar-refractivity contribution in [2.24, 2.45) is 4.99 Å². The summed E-state index contributed by atoms with van der Waals surface area (Å²) in [7, 11) is 11.0. The first-order valence-electron chi connectivity index (χ1n) is 4.05. The maximum absolute atomic E-state index is 7.72. The number of rotatable bonds is 0. The molecule has 0 fully saturated rings. The van der Waals surface area contributed by atoms with Crippen LogP contribution in [-0.2, 0) is 0 Å². The van der Waals surface area contributed by atoms with Crippen LogP contribution in [0.2, 0.25) is 0 Å². The number of nitrogens with one attached hydrogen (secondary N) is 1. The summed E-state index contributed by atoms with van der Waals surface area (Å²) < 4.78 is 0. The molecule has 0 amide bonds. The van der Waals surface area contributed by atoms with E-state index < -0.39 is 0 Å². The largest absolute Gasteiger partial charge is 0.349 e. The maximum Gasteiger partial charge on any atom is 0.202 e. The van der Waals surface area contributed by atoms with Gasteiger partial charge in [0.15, 0.2) is 5.96 Å². The van der Waals surface area contributed by atoms with Crippen LogP contribution in [0.3, 0.4) is 0 Å². The van der Waals surface area contributed by atoms with Crippen molar-refractivity contribution in [2.45, 2.75) is 0 Å². The van der Waals surface area contributed by atoms with Gasteiger partial charge in [-0.3, -0.25) is 15.3 Å². The van der Waals surface area contributed by atoms with Crippen molar-refractivity contribution in [3.63, 3.8) is 0 Å². The molecule has 0 bridgehead atoms. The topological polar surface area (TPSA) is 45.9 Å². The lowest BCUT2D eigenvalue weighted by Gasteiger charge is -2.29. The molecule has 0 saturated heterocycles. The second kappa shape index (κ2) is 4.69. The second-order valence-corrected chi connectivity index (χ2v) is 3.20. The van der Waals surface area contributed by atoms with Gasteiger partial charge in [0, 0.05) is 42.3 Å². The molecule has 0 aliphatic heterocycles. The quantitative estimate of drug-likeness (QED) is 0.425. The molecule has 13 heavy (non-hydrogen) atoms. The fourth-order valence-corrected chi connectivity index (χ4v) is 1.04.